The van der Waals surface area contributed by atoms with Crippen molar-refractivity contribution in [3.05, 3.63) is 41.6 Å². The summed E-state index contributed by atoms with van der Waals surface area (Å²) in [6.07, 6.45) is 2.50. The average molecular weight is 464 g/mol. The third-order valence-electron chi connectivity index (χ3n) is 3.78. The van der Waals surface area contributed by atoms with Crippen LogP contribution in [-0.2, 0) is 0 Å². The molecule has 22 heavy (non-hydrogen) atoms. The van der Waals surface area contributed by atoms with E-state index in [4.69, 9.17) is 0 Å². The molecule has 7 heteroatoms. The van der Waals surface area contributed by atoms with Gasteiger partial charge in [-0.2, -0.15) is 0 Å². The van der Waals surface area contributed by atoms with Gasteiger partial charge in [-0.15, -0.1) is 22.7 Å². The number of hydrogen-bond acceptors (Lipinski definition) is 4. The number of amides is 1. The lowest BCUT2D eigenvalue weighted by atomic mass is 10.2. The molecule has 0 bridgehead atoms. The summed E-state index contributed by atoms with van der Waals surface area (Å²) in [5.41, 5.74) is 0. The second-order valence-corrected chi connectivity index (χ2v) is 9.42. The number of thiophene rings is 2. The normalized spacial score (nSPS) is 16.8. The summed E-state index contributed by atoms with van der Waals surface area (Å²) in [6.45, 7) is 2.90. The smallest absolute Gasteiger partial charge is 0.261 e. The maximum atomic E-state index is 12.3. The van der Waals surface area contributed by atoms with E-state index in [-0.39, 0.29) is 5.91 Å². The predicted molar refractivity (Wildman–Crippen MR) is 99.9 cm³/mol. The first-order chi connectivity index (χ1) is 10.6. The van der Waals surface area contributed by atoms with E-state index in [0.29, 0.717) is 12.6 Å². The molecule has 0 saturated carbocycles. The monoisotopic (exact) mass is 462 g/mol. The maximum Gasteiger partial charge on any atom is 0.261 e. The van der Waals surface area contributed by atoms with Gasteiger partial charge in [-0.3, -0.25) is 9.69 Å². The van der Waals surface area contributed by atoms with Gasteiger partial charge in [0, 0.05) is 15.9 Å². The number of hydrogen-bond donors (Lipinski definition) is 1. The van der Waals surface area contributed by atoms with Crippen LogP contribution in [0.3, 0.4) is 0 Å². The Balaban J connectivity index is 1.67. The van der Waals surface area contributed by atoms with E-state index in [0.717, 1.165) is 26.2 Å². The van der Waals surface area contributed by atoms with Crippen molar-refractivity contribution in [3.8, 4) is 0 Å². The first-order valence-electron chi connectivity index (χ1n) is 7.15. The van der Waals surface area contributed by atoms with Crippen LogP contribution in [0.25, 0.3) is 0 Å². The quantitative estimate of drug-likeness (QED) is 0.683. The Morgan fingerprint density at radius 3 is 2.73 bits per heavy atom. The van der Waals surface area contributed by atoms with Crippen LogP contribution >= 0.6 is 54.5 Å². The lowest BCUT2D eigenvalue weighted by Crippen LogP contribution is -2.36. The molecule has 1 atom stereocenters. The molecule has 1 fully saturated rings. The van der Waals surface area contributed by atoms with Crippen LogP contribution in [-0.4, -0.2) is 30.4 Å². The summed E-state index contributed by atoms with van der Waals surface area (Å²) in [4.78, 5) is 16.9. The van der Waals surface area contributed by atoms with Gasteiger partial charge in [0.1, 0.15) is 0 Å². The first kappa shape index (κ1) is 16.6. The highest BCUT2D eigenvalue weighted by Crippen LogP contribution is 2.32. The van der Waals surface area contributed by atoms with Crippen LogP contribution in [0.2, 0.25) is 0 Å². The second kappa shape index (κ2) is 7.57. The van der Waals surface area contributed by atoms with Gasteiger partial charge < -0.3 is 5.32 Å². The zero-order valence-corrected chi connectivity index (χ0v) is 16.7. The summed E-state index contributed by atoms with van der Waals surface area (Å²) in [5.74, 6) is -0.00264. The molecule has 3 rings (SSSR count). The van der Waals surface area contributed by atoms with Gasteiger partial charge in [-0.25, -0.2) is 0 Å². The molecule has 0 aliphatic carbocycles. The fraction of sp³-hybridized carbons (Fsp3) is 0.400. The summed E-state index contributed by atoms with van der Waals surface area (Å²) in [6, 6.07) is 6.40. The molecule has 1 saturated heterocycles. The van der Waals surface area contributed by atoms with Crippen molar-refractivity contribution in [1.29, 1.82) is 0 Å². The Morgan fingerprint density at radius 2 is 2.14 bits per heavy atom. The van der Waals surface area contributed by atoms with Gasteiger partial charge in [-0.05, 0) is 75.3 Å². The van der Waals surface area contributed by atoms with Crippen LogP contribution in [0.5, 0.6) is 0 Å². The Bertz CT molecular complexity index is 617. The first-order valence-corrected chi connectivity index (χ1v) is 10.4. The van der Waals surface area contributed by atoms with Gasteiger partial charge >= 0.3 is 0 Å². The molecular formula is C15H16Br2N2OS2. The Morgan fingerprint density at radius 1 is 1.36 bits per heavy atom. The van der Waals surface area contributed by atoms with E-state index in [1.54, 1.807) is 11.3 Å². The van der Waals surface area contributed by atoms with E-state index < -0.39 is 0 Å². The van der Waals surface area contributed by atoms with Crippen LogP contribution < -0.4 is 5.32 Å². The van der Waals surface area contributed by atoms with Gasteiger partial charge in [-0.1, -0.05) is 6.07 Å². The van der Waals surface area contributed by atoms with E-state index >= 15 is 0 Å². The standard InChI is InChI=1S/C15H16Br2N2OS2/c16-10-8-13(22-14(10)17)15(20)18-9-11(12-4-3-7-21-12)19-5-1-2-6-19/h3-4,7-8,11H,1-2,5-6,9H2,(H,18,20). The van der Waals surface area contributed by atoms with Crippen molar-refractivity contribution in [2.45, 2.75) is 18.9 Å². The number of halogens is 2. The molecule has 0 spiro atoms. The molecular weight excluding hydrogens is 448 g/mol. The SMILES string of the molecule is O=C(NCC(c1cccs1)N1CCCC1)c1cc(Br)c(Br)s1. The third kappa shape index (κ3) is 3.82. The van der Waals surface area contributed by atoms with Crippen molar-refractivity contribution >= 4 is 60.4 Å². The van der Waals surface area contributed by atoms with E-state index in [1.165, 1.54) is 29.1 Å². The van der Waals surface area contributed by atoms with Crippen molar-refractivity contribution in [1.82, 2.24) is 10.2 Å². The van der Waals surface area contributed by atoms with E-state index in [2.05, 4.69) is 59.6 Å². The fourth-order valence-corrected chi connectivity index (χ4v) is 5.49. The van der Waals surface area contributed by atoms with Crippen molar-refractivity contribution in [3.63, 3.8) is 0 Å². The fourth-order valence-electron chi connectivity index (χ4n) is 2.68. The molecule has 0 aromatic carbocycles. The topological polar surface area (TPSA) is 32.3 Å². The Labute approximate surface area is 155 Å². The summed E-state index contributed by atoms with van der Waals surface area (Å²) >= 11 is 10.1. The molecule has 1 amide bonds. The number of rotatable bonds is 5. The molecule has 1 N–H and O–H groups in total. The summed E-state index contributed by atoms with van der Waals surface area (Å²) in [5, 5.41) is 5.20. The van der Waals surface area contributed by atoms with Crippen LogP contribution in [0.1, 0.15) is 33.4 Å². The van der Waals surface area contributed by atoms with Crippen molar-refractivity contribution in [2.75, 3.05) is 19.6 Å². The minimum Gasteiger partial charge on any atom is -0.349 e. The average Bonchev–Trinajstić information content (AvgIpc) is 3.23. The van der Waals surface area contributed by atoms with Gasteiger partial charge in [0.2, 0.25) is 0 Å². The number of nitrogens with zero attached hydrogens (tertiary/aromatic N) is 1. The molecule has 2 aromatic rings. The molecule has 3 nitrogen and oxygen atoms in total. The predicted octanol–water partition coefficient (Wildman–Crippen LogP) is 4.90. The minimum atomic E-state index is -0.00264. The number of nitrogens with one attached hydrogen (secondary N) is 1. The van der Waals surface area contributed by atoms with Crippen LogP contribution in [0.15, 0.2) is 31.8 Å². The Hall–Kier alpha value is -0.210. The number of carbonyl (C=O) groups is 1. The third-order valence-corrected chi connectivity index (χ3v) is 8.01. The lowest BCUT2D eigenvalue weighted by molar-refractivity contribution is 0.0942. The lowest BCUT2D eigenvalue weighted by Gasteiger charge is -2.26. The maximum absolute atomic E-state index is 12.3. The van der Waals surface area contributed by atoms with Crippen LogP contribution in [0, 0.1) is 0 Å². The molecule has 1 unspecified atom stereocenters. The highest BCUT2D eigenvalue weighted by molar-refractivity contribution is 9.13. The number of carbonyl (C=O) groups excluding carboxylic acids is 1. The van der Waals surface area contributed by atoms with E-state index in [9.17, 15) is 4.79 Å². The van der Waals surface area contributed by atoms with E-state index in [1.807, 2.05) is 6.07 Å². The molecule has 1 aliphatic heterocycles. The van der Waals surface area contributed by atoms with Crippen LogP contribution in [0.4, 0.5) is 0 Å². The summed E-state index contributed by atoms with van der Waals surface area (Å²) < 4.78 is 1.88. The summed E-state index contributed by atoms with van der Waals surface area (Å²) in [7, 11) is 0. The second-order valence-electron chi connectivity index (χ2n) is 5.22. The zero-order valence-electron chi connectivity index (χ0n) is 11.9. The Kier molecular flexibility index (Phi) is 5.73. The minimum absolute atomic E-state index is 0.00264. The van der Waals surface area contributed by atoms with Gasteiger partial charge in [0.25, 0.3) is 5.91 Å². The van der Waals surface area contributed by atoms with Crippen molar-refractivity contribution < 1.29 is 4.79 Å². The van der Waals surface area contributed by atoms with Crippen molar-refractivity contribution in [2.24, 2.45) is 0 Å². The molecule has 1 aliphatic rings. The largest absolute Gasteiger partial charge is 0.349 e. The molecule has 118 valence electrons. The van der Waals surface area contributed by atoms with Gasteiger partial charge in [0.05, 0.1) is 14.7 Å². The molecule has 3 heterocycles. The molecule has 0 radical (unpaired) electrons. The highest BCUT2D eigenvalue weighted by atomic mass is 79.9. The number of likely N-dealkylation sites (tertiary alicyclic amines) is 1. The van der Waals surface area contributed by atoms with Gasteiger partial charge in [0.15, 0.2) is 0 Å². The molecule has 2 aromatic heterocycles. The highest BCUT2D eigenvalue weighted by Gasteiger charge is 2.25. The zero-order chi connectivity index (χ0) is 15.5.